The van der Waals surface area contributed by atoms with Crippen LogP contribution >= 0.6 is 0 Å². The zero-order valence-corrected chi connectivity index (χ0v) is 37.1. The van der Waals surface area contributed by atoms with Crippen molar-refractivity contribution in [2.45, 2.75) is 179 Å². The van der Waals surface area contributed by atoms with E-state index in [2.05, 4.69) is 98.9 Å². The number of aliphatic hydroxyl groups is 3. The van der Waals surface area contributed by atoms with Gasteiger partial charge in [0, 0.05) is 12.8 Å². The van der Waals surface area contributed by atoms with Crippen molar-refractivity contribution in [2.75, 3.05) is 19.0 Å². The summed E-state index contributed by atoms with van der Waals surface area (Å²) in [5.41, 5.74) is 0. The Bertz CT molecular complexity index is 1430. The summed E-state index contributed by atoms with van der Waals surface area (Å²) >= 11 is 0. The molecule has 1 aliphatic heterocycles. The van der Waals surface area contributed by atoms with E-state index in [-0.39, 0.29) is 19.4 Å². The predicted octanol–water partition coefficient (Wildman–Crippen LogP) is 8.89. The first-order valence-electron chi connectivity index (χ1n) is 22.1. The quantitative estimate of drug-likeness (QED) is 0.0206. The zero-order chi connectivity index (χ0) is 44.1. The number of ether oxygens (including phenoxy) is 4. The van der Waals surface area contributed by atoms with Crippen LogP contribution in [-0.4, -0.2) is 96.0 Å². The third kappa shape index (κ3) is 30.8. The Morgan fingerprint density at radius 1 is 0.567 bits per heavy atom. The van der Waals surface area contributed by atoms with Crippen molar-refractivity contribution in [3.8, 4) is 0 Å². The number of allylic oxidation sites excluding steroid dienone is 14. The van der Waals surface area contributed by atoms with Crippen molar-refractivity contribution in [3.63, 3.8) is 0 Å². The topological polar surface area (TPSA) is 186 Å². The van der Waals surface area contributed by atoms with E-state index in [1.54, 1.807) is 0 Å². The molecule has 1 heterocycles. The highest BCUT2D eigenvalue weighted by molar-refractivity contribution is 7.85. The molecule has 2 unspecified atom stereocenters. The normalized spacial score (nSPS) is 20.9. The Morgan fingerprint density at radius 3 is 1.55 bits per heavy atom. The molecule has 1 fully saturated rings. The summed E-state index contributed by atoms with van der Waals surface area (Å²) in [5.74, 6) is -2.09. The Labute approximate surface area is 360 Å². The van der Waals surface area contributed by atoms with E-state index in [1.807, 2.05) is 0 Å². The van der Waals surface area contributed by atoms with Crippen molar-refractivity contribution in [2.24, 2.45) is 0 Å². The van der Waals surface area contributed by atoms with Crippen LogP contribution in [0.5, 0.6) is 0 Å². The van der Waals surface area contributed by atoms with E-state index in [0.29, 0.717) is 12.8 Å². The Kier molecular flexibility index (Phi) is 33.3. The molecule has 60 heavy (non-hydrogen) atoms. The van der Waals surface area contributed by atoms with Gasteiger partial charge in [-0.05, 0) is 89.9 Å². The second kappa shape index (κ2) is 36.5. The van der Waals surface area contributed by atoms with E-state index in [0.717, 1.165) is 77.0 Å². The van der Waals surface area contributed by atoms with Crippen LogP contribution < -0.4 is 0 Å². The minimum Gasteiger partial charge on any atom is -0.462 e. The molecule has 0 aromatic carbocycles. The van der Waals surface area contributed by atoms with Crippen LogP contribution in [0.2, 0.25) is 0 Å². The third-order valence-corrected chi connectivity index (χ3v) is 10.2. The zero-order valence-electron chi connectivity index (χ0n) is 36.3. The fourth-order valence-corrected chi connectivity index (χ4v) is 6.66. The Morgan fingerprint density at radius 2 is 1.03 bits per heavy atom. The maximum absolute atomic E-state index is 12.8. The molecule has 0 amide bonds. The molecular formula is C47H76O12S. The van der Waals surface area contributed by atoms with Crippen LogP contribution in [0.3, 0.4) is 0 Å². The number of carbonyl (C=O) groups excluding carboxylic acids is 2. The average Bonchev–Trinajstić information content (AvgIpc) is 3.21. The van der Waals surface area contributed by atoms with Gasteiger partial charge in [-0.2, -0.15) is 8.42 Å². The number of esters is 2. The minimum absolute atomic E-state index is 0.103. The fraction of sp³-hybridized carbons (Fsp3) is 0.660. The standard InChI is InChI=1S/C47H76O12S/c1-3-5-7-9-11-13-15-17-19-20-22-23-25-27-29-31-33-35-42(48)56-37-40(38-57-47-46(52)45(51)44(50)41(59-47)39-60(53,54)55)58-43(49)36-34-32-30-28-26-24-21-18-16-14-12-10-8-6-4-2/h7,9,12-15,18-21,23,25-26,28,40-41,44-47,50-52H,3-6,8,10-11,16-17,22,24,27,29-39H2,1-2H3,(H,53,54,55)/b9-7+,14-12+,15-13+,20-19+,21-18+,25-23+,28-26+/t40-,41-,44-,45?,46?,47+/m1/s1. The molecule has 0 saturated carbocycles. The van der Waals surface area contributed by atoms with Gasteiger partial charge in [-0.1, -0.05) is 125 Å². The molecule has 0 aromatic heterocycles. The highest BCUT2D eigenvalue weighted by Gasteiger charge is 2.46. The molecule has 0 aliphatic carbocycles. The van der Waals surface area contributed by atoms with Crippen molar-refractivity contribution in [1.82, 2.24) is 0 Å². The summed E-state index contributed by atoms with van der Waals surface area (Å²) < 4.78 is 54.0. The number of aliphatic hydroxyl groups excluding tert-OH is 3. The summed E-state index contributed by atoms with van der Waals surface area (Å²) in [7, 11) is -4.62. The van der Waals surface area contributed by atoms with E-state index in [1.165, 1.54) is 25.7 Å². The lowest BCUT2D eigenvalue weighted by Gasteiger charge is -2.40. The van der Waals surface area contributed by atoms with E-state index < -0.39 is 71.2 Å². The molecule has 0 spiro atoms. The molecule has 342 valence electrons. The summed E-state index contributed by atoms with van der Waals surface area (Å²) in [6, 6.07) is 0. The van der Waals surface area contributed by atoms with E-state index in [9.17, 15) is 37.9 Å². The lowest BCUT2D eigenvalue weighted by Crippen LogP contribution is -2.60. The minimum atomic E-state index is -4.62. The number of rotatable bonds is 35. The van der Waals surface area contributed by atoms with Gasteiger partial charge in [0.2, 0.25) is 0 Å². The predicted molar refractivity (Wildman–Crippen MR) is 238 cm³/mol. The monoisotopic (exact) mass is 865 g/mol. The first kappa shape index (κ1) is 54.8. The molecule has 12 nitrogen and oxygen atoms in total. The molecule has 0 bridgehead atoms. The molecular weight excluding hydrogens is 789 g/mol. The van der Waals surface area contributed by atoms with Crippen LogP contribution in [-0.2, 0) is 38.7 Å². The Hall–Kier alpha value is -3.17. The SMILES string of the molecule is CCC/C=C/C/C=C/C/C=C/C/C=C/CCCCCC(=O)OC[C@H](CO[C@H]1O[C@H](CS(=O)(=O)O)[C@@H](O)C(O)C1O)OC(=O)CCCC/C=C/C/C=C/C/C=C/CCCCC. The van der Waals surface area contributed by atoms with Gasteiger partial charge in [0.25, 0.3) is 10.1 Å². The van der Waals surface area contributed by atoms with Gasteiger partial charge < -0.3 is 34.3 Å². The number of hydrogen-bond donors (Lipinski definition) is 4. The summed E-state index contributed by atoms with van der Waals surface area (Å²) in [6.45, 7) is 3.58. The van der Waals surface area contributed by atoms with Crippen molar-refractivity contribution < 1.29 is 56.8 Å². The second-order valence-corrected chi connectivity index (χ2v) is 16.5. The van der Waals surface area contributed by atoms with Crippen molar-refractivity contribution in [3.05, 3.63) is 85.1 Å². The van der Waals surface area contributed by atoms with Gasteiger partial charge in [-0.3, -0.25) is 14.1 Å². The summed E-state index contributed by atoms with van der Waals surface area (Å²) in [4.78, 5) is 25.4. The lowest BCUT2D eigenvalue weighted by molar-refractivity contribution is -0.297. The molecule has 4 N–H and O–H groups in total. The second-order valence-electron chi connectivity index (χ2n) is 15.0. The van der Waals surface area contributed by atoms with Gasteiger partial charge in [-0.25, -0.2) is 0 Å². The van der Waals surface area contributed by atoms with Crippen LogP contribution in [0, 0.1) is 0 Å². The largest absolute Gasteiger partial charge is 0.462 e. The fourth-order valence-electron chi connectivity index (χ4n) is 5.97. The van der Waals surface area contributed by atoms with Crippen LogP contribution in [0.25, 0.3) is 0 Å². The summed E-state index contributed by atoms with van der Waals surface area (Å²) in [6.07, 6.45) is 37.7. The van der Waals surface area contributed by atoms with E-state index >= 15 is 0 Å². The molecule has 13 heteroatoms. The average molecular weight is 865 g/mol. The number of carbonyl (C=O) groups is 2. The molecule has 0 aromatic rings. The maximum Gasteiger partial charge on any atom is 0.306 e. The number of hydrogen-bond acceptors (Lipinski definition) is 11. The smallest absolute Gasteiger partial charge is 0.306 e. The lowest BCUT2D eigenvalue weighted by atomic mass is 10.00. The molecule has 6 atom stereocenters. The first-order chi connectivity index (χ1) is 29.0. The molecule has 1 saturated heterocycles. The van der Waals surface area contributed by atoms with Crippen molar-refractivity contribution >= 4 is 22.1 Å². The van der Waals surface area contributed by atoms with Crippen LogP contribution in [0.1, 0.15) is 142 Å². The molecule has 0 radical (unpaired) electrons. The highest BCUT2D eigenvalue weighted by atomic mass is 32.2. The third-order valence-electron chi connectivity index (χ3n) is 9.43. The van der Waals surface area contributed by atoms with Gasteiger partial charge in [0.15, 0.2) is 12.4 Å². The number of unbranched alkanes of at least 4 members (excludes halogenated alkanes) is 9. The van der Waals surface area contributed by atoms with Crippen LogP contribution in [0.15, 0.2) is 85.1 Å². The van der Waals surface area contributed by atoms with Gasteiger partial charge in [0.1, 0.15) is 36.8 Å². The van der Waals surface area contributed by atoms with E-state index in [4.69, 9.17) is 18.9 Å². The first-order valence-corrected chi connectivity index (χ1v) is 23.8. The molecule has 1 aliphatic rings. The van der Waals surface area contributed by atoms with Gasteiger partial charge in [-0.15, -0.1) is 0 Å². The summed E-state index contributed by atoms with van der Waals surface area (Å²) in [5, 5.41) is 30.9. The van der Waals surface area contributed by atoms with Gasteiger partial charge in [0.05, 0.1) is 6.61 Å². The molecule has 1 rings (SSSR count). The van der Waals surface area contributed by atoms with Crippen molar-refractivity contribution in [1.29, 1.82) is 0 Å². The highest BCUT2D eigenvalue weighted by Crippen LogP contribution is 2.24. The Balaban J connectivity index is 2.52. The maximum atomic E-state index is 12.8. The van der Waals surface area contributed by atoms with Gasteiger partial charge >= 0.3 is 11.9 Å². The van der Waals surface area contributed by atoms with Crippen LogP contribution in [0.4, 0.5) is 0 Å².